The van der Waals surface area contributed by atoms with Crippen LogP contribution in [0, 0.1) is 5.92 Å². The number of hydrogen-bond acceptors (Lipinski definition) is 3. The maximum atomic E-state index is 12.4. The lowest BCUT2D eigenvalue weighted by Crippen LogP contribution is -2.34. The van der Waals surface area contributed by atoms with E-state index in [1.165, 1.54) is 5.01 Å². The summed E-state index contributed by atoms with van der Waals surface area (Å²) in [5.41, 5.74) is 4.43. The topological polar surface area (TPSA) is 61.4 Å². The lowest BCUT2D eigenvalue weighted by atomic mass is 10.1. The fourth-order valence-corrected chi connectivity index (χ4v) is 2.70. The van der Waals surface area contributed by atoms with Crippen molar-refractivity contribution in [3.63, 3.8) is 0 Å². The van der Waals surface area contributed by atoms with Crippen molar-refractivity contribution in [2.75, 3.05) is 16.9 Å². The van der Waals surface area contributed by atoms with E-state index in [1.807, 2.05) is 30.3 Å². The monoisotopic (exact) mass is 329 g/mol. The summed E-state index contributed by atoms with van der Waals surface area (Å²) in [5, 5.41) is 4.81. The Morgan fingerprint density at radius 3 is 2.74 bits per heavy atom. The van der Waals surface area contributed by atoms with E-state index in [0.29, 0.717) is 17.3 Å². The van der Waals surface area contributed by atoms with Crippen LogP contribution in [0.25, 0.3) is 0 Å². The molecule has 118 valence electrons. The molecule has 1 aliphatic rings. The molecule has 2 aromatic carbocycles. The van der Waals surface area contributed by atoms with Crippen molar-refractivity contribution in [2.45, 2.75) is 6.42 Å². The molecule has 2 aromatic rings. The molecule has 3 rings (SSSR count). The number of anilines is 2. The molecule has 0 radical (unpaired) electrons. The summed E-state index contributed by atoms with van der Waals surface area (Å²) in [5.74, 6) is -0.686. The maximum absolute atomic E-state index is 12.4. The van der Waals surface area contributed by atoms with Crippen LogP contribution in [-0.4, -0.2) is 18.4 Å². The van der Waals surface area contributed by atoms with Gasteiger partial charge in [-0.05, 0) is 30.3 Å². The van der Waals surface area contributed by atoms with Crippen molar-refractivity contribution in [3.8, 4) is 0 Å². The molecular formula is C17H16ClN3O2. The van der Waals surface area contributed by atoms with Crippen LogP contribution in [0.15, 0.2) is 54.6 Å². The average molecular weight is 330 g/mol. The predicted octanol–water partition coefficient (Wildman–Crippen LogP) is 2.84. The van der Waals surface area contributed by atoms with E-state index in [9.17, 15) is 9.59 Å². The van der Waals surface area contributed by atoms with Gasteiger partial charge in [0.15, 0.2) is 0 Å². The van der Waals surface area contributed by atoms with Gasteiger partial charge in [0.2, 0.25) is 11.8 Å². The minimum absolute atomic E-state index is 0.0996. The number of rotatable bonds is 4. The third kappa shape index (κ3) is 3.70. The van der Waals surface area contributed by atoms with Crippen LogP contribution in [0.5, 0.6) is 0 Å². The number of nitrogens with one attached hydrogen (secondary N) is 2. The van der Waals surface area contributed by atoms with Crippen molar-refractivity contribution in [1.29, 1.82) is 0 Å². The summed E-state index contributed by atoms with van der Waals surface area (Å²) in [6, 6.07) is 16.2. The minimum atomic E-state index is -0.380. The van der Waals surface area contributed by atoms with Crippen LogP contribution in [0.2, 0.25) is 5.02 Å². The summed E-state index contributed by atoms with van der Waals surface area (Å²) in [4.78, 5) is 24.5. The third-order valence-electron chi connectivity index (χ3n) is 3.62. The maximum Gasteiger partial charge on any atom is 0.246 e. The second-order valence-electron chi connectivity index (χ2n) is 5.33. The normalized spacial score (nSPS) is 17.3. The van der Waals surface area contributed by atoms with Gasteiger partial charge >= 0.3 is 0 Å². The van der Waals surface area contributed by atoms with Gasteiger partial charge < -0.3 is 5.32 Å². The number of benzene rings is 2. The molecule has 1 aliphatic heterocycles. The molecule has 6 heteroatoms. The standard InChI is InChI=1S/C17H16ClN3O2/c18-13-5-4-6-14(10-13)20-16(22)9-12-11-19-21(17(12)23)15-7-2-1-3-8-15/h1-8,10,12,19H,9,11H2,(H,20,22). The Kier molecular flexibility index (Phi) is 4.60. The average Bonchev–Trinajstić information content (AvgIpc) is 2.89. The van der Waals surface area contributed by atoms with Crippen LogP contribution in [-0.2, 0) is 9.59 Å². The SMILES string of the molecule is O=C(CC1CNN(c2ccccc2)C1=O)Nc1cccc(Cl)c1. The van der Waals surface area contributed by atoms with E-state index in [4.69, 9.17) is 11.6 Å². The molecule has 23 heavy (non-hydrogen) atoms. The highest BCUT2D eigenvalue weighted by molar-refractivity contribution is 6.30. The summed E-state index contributed by atoms with van der Waals surface area (Å²) >= 11 is 5.89. The number of nitrogens with zero attached hydrogens (tertiary/aromatic N) is 1. The lowest BCUT2D eigenvalue weighted by Gasteiger charge is -2.16. The van der Waals surface area contributed by atoms with Gasteiger partial charge in [0.05, 0.1) is 11.6 Å². The Morgan fingerprint density at radius 2 is 2.00 bits per heavy atom. The third-order valence-corrected chi connectivity index (χ3v) is 3.86. The van der Waals surface area contributed by atoms with Crippen LogP contribution < -0.4 is 15.8 Å². The zero-order chi connectivity index (χ0) is 16.2. The van der Waals surface area contributed by atoms with Crippen molar-refractivity contribution in [3.05, 3.63) is 59.6 Å². The number of para-hydroxylation sites is 1. The zero-order valence-electron chi connectivity index (χ0n) is 12.3. The van der Waals surface area contributed by atoms with Crippen molar-refractivity contribution >= 4 is 34.8 Å². The van der Waals surface area contributed by atoms with E-state index in [-0.39, 0.29) is 24.2 Å². The predicted molar refractivity (Wildman–Crippen MR) is 90.1 cm³/mol. The number of carbonyl (C=O) groups is 2. The van der Waals surface area contributed by atoms with Crippen LogP contribution in [0.1, 0.15) is 6.42 Å². The molecule has 0 saturated carbocycles. The Hall–Kier alpha value is -2.37. The van der Waals surface area contributed by atoms with E-state index < -0.39 is 0 Å². The number of carbonyl (C=O) groups excluding carboxylic acids is 2. The Balaban J connectivity index is 1.60. The fourth-order valence-electron chi connectivity index (χ4n) is 2.51. The molecule has 1 atom stereocenters. The molecule has 1 unspecified atom stereocenters. The Labute approximate surface area is 139 Å². The van der Waals surface area contributed by atoms with Crippen molar-refractivity contribution in [1.82, 2.24) is 5.43 Å². The van der Waals surface area contributed by atoms with Gasteiger partial charge in [0.25, 0.3) is 0 Å². The van der Waals surface area contributed by atoms with E-state index in [2.05, 4.69) is 10.7 Å². The van der Waals surface area contributed by atoms with Gasteiger partial charge in [0, 0.05) is 23.7 Å². The van der Waals surface area contributed by atoms with Gasteiger partial charge in [-0.3, -0.25) is 9.59 Å². The molecule has 0 aromatic heterocycles. The number of hydrazine groups is 1. The Morgan fingerprint density at radius 1 is 1.22 bits per heavy atom. The summed E-state index contributed by atoms with van der Waals surface area (Å²) in [6.45, 7) is 0.441. The highest BCUT2D eigenvalue weighted by Gasteiger charge is 2.33. The molecule has 0 spiro atoms. The molecule has 1 fully saturated rings. The molecule has 2 amide bonds. The quantitative estimate of drug-likeness (QED) is 0.906. The molecule has 1 heterocycles. The van der Waals surface area contributed by atoms with Crippen LogP contribution >= 0.6 is 11.6 Å². The Bertz CT molecular complexity index is 721. The summed E-state index contributed by atoms with van der Waals surface area (Å²) in [6.07, 6.45) is 0.127. The number of amides is 2. The number of halogens is 1. The highest BCUT2D eigenvalue weighted by atomic mass is 35.5. The first-order chi connectivity index (χ1) is 11.1. The van der Waals surface area contributed by atoms with Gasteiger partial charge in [-0.1, -0.05) is 35.9 Å². The molecule has 0 aliphatic carbocycles. The number of hydrogen-bond donors (Lipinski definition) is 2. The zero-order valence-corrected chi connectivity index (χ0v) is 13.1. The molecular weight excluding hydrogens is 314 g/mol. The minimum Gasteiger partial charge on any atom is -0.326 e. The van der Waals surface area contributed by atoms with Crippen LogP contribution in [0.4, 0.5) is 11.4 Å². The van der Waals surface area contributed by atoms with Gasteiger partial charge in [-0.15, -0.1) is 0 Å². The molecule has 0 bridgehead atoms. The first-order valence-corrected chi connectivity index (χ1v) is 7.69. The highest BCUT2D eigenvalue weighted by Crippen LogP contribution is 2.21. The summed E-state index contributed by atoms with van der Waals surface area (Å²) < 4.78 is 0. The first-order valence-electron chi connectivity index (χ1n) is 7.31. The van der Waals surface area contributed by atoms with Crippen molar-refractivity contribution < 1.29 is 9.59 Å². The molecule has 1 saturated heterocycles. The smallest absolute Gasteiger partial charge is 0.246 e. The van der Waals surface area contributed by atoms with Gasteiger partial charge in [0.1, 0.15) is 0 Å². The molecule has 5 nitrogen and oxygen atoms in total. The first kappa shape index (κ1) is 15.5. The van der Waals surface area contributed by atoms with Gasteiger partial charge in [-0.25, -0.2) is 10.4 Å². The van der Waals surface area contributed by atoms with Crippen molar-refractivity contribution in [2.24, 2.45) is 5.92 Å². The van der Waals surface area contributed by atoms with Gasteiger partial charge in [-0.2, -0.15) is 0 Å². The van der Waals surface area contributed by atoms with Crippen LogP contribution in [0.3, 0.4) is 0 Å². The summed E-state index contributed by atoms with van der Waals surface area (Å²) in [7, 11) is 0. The second kappa shape index (κ2) is 6.81. The fraction of sp³-hybridized carbons (Fsp3) is 0.176. The lowest BCUT2D eigenvalue weighted by molar-refractivity contribution is -0.124. The van der Waals surface area contributed by atoms with E-state index in [1.54, 1.807) is 24.3 Å². The van der Waals surface area contributed by atoms with E-state index >= 15 is 0 Å². The molecule has 2 N–H and O–H groups in total. The second-order valence-corrected chi connectivity index (χ2v) is 5.77. The van der Waals surface area contributed by atoms with E-state index in [0.717, 1.165) is 5.69 Å². The largest absolute Gasteiger partial charge is 0.326 e.